The van der Waals surface area contributed by atoms with Gasteiger partial charge in [0.25, 0.3) is 0 Å². The van der Waals surface area contributed by atoms with Crippen LogP contribution in [0.1, 0.15) is 0 Å². The van der Waals surface area contributed by atoms with E-state index >= 15 is 0 Å². The van der Waals surface area contributed by atoms with Crippen LogP contribution in [0.5, 0.6) is 0 Å². The minimum Gasteiger partial charge on any atom is -0.321 e. The van der Waals surface area contributed by atoms with E-state index in [1.54, 1.807) is 6.08 Å². The van der Waals surface area contributed by atoms with Crippen LogP contribution in [-0.2, 0) is 0 Å². The van der Waals surface area contributed by atoms with Crippen LogP contribution in [0, 0.1) is 0 Å². The average molecular weight is 122 g/mol. The van der Waals surface area contributed by atoms with Crippen molar-refractivity contribution >= 4 is 0 Å². The van der Waals surface area contributed by atoms with Crippen molar-refractivity contribution in [1.29, 1.82) is 0 Å². The highest BCUT2D eigenvalue weighted by Crippen LogP contribution is 2.05. The molecular formula is C7H10N2. The van der Waals surface area contributed by atoms with Gasteiger partial charge >= 0.3 is 0 Å². The van der Waals surface area contributed by atoms with Crippen molar-refractivity contribution in [1.82, 2.24) is 10.9 Å². The monoisotopic (exact) mass is 122 g/mol. The molecule has 0 amide bonds. The van der Waals surface area contributed by atoms with Gasteiger partial charge in [0.2, 0.25) is 0 Å². The summed E-state index contributed by atoms with van der Waals surface area (Å²) in [5, 5.41) is 0. The van der Waals surface area contributed by atoms with Gasteiger partial charge in [0.1, 0.15) is 0 Å². The maximum atomic E-state index is 3.66. The van der Waals surface area contributed by atoms with Gasteiger partial charge in [-0.15, -0.1) is 0 Å². The summed E-state index contributed by atoms with van der Waals surface area (Å²) in [5.41, 5.74) is 8.11. The van der Waals surface area contributed by atoms with E-state index in [-0.39, 0.29) is 0 Å². The molecule has 0 aromatic rings. The van der Waals surface area contributed by atoms with Crippen LogP contribution in [0.3, 0.4) is 0 Å². The Hall–Kier alpha value is -1.02. The lowest BCUT2D eigenvalue weighted by atomic mass is 10.2. The number of hydrazine groups is 1. The molecule has 0 spiro atoms. The van der Waals surface area contributed by atoms with Crippen LogP contribution in [-0.4, -0.2) is 6.54 Å². The molecule has 0 atom stereocenters. The molecule has 0 radical (unpaired) electrons. The second-order valence-electron chi connectivity index (χ2n) is 1.83. The molecule has 0 saturated carbocycles. The highest BCUT2D eigenvalue weighted by atomic mass is 15.4. The first-order chi connectivity index (χ1) is 4.38. The van der Waals surface area contributed by atoms with Gasteiger partial charge in [0.15, 0.2) is 0 Å². The molecule has 2 nitrogen and oxygen atoms in total. The molecule has 0 aliphatic carbocycles. The lowest BCUT2D eigenvalue weighted by Gasteiger charge is -1.93. The zero-order valence-corrected chi connectivity index (χ0v) is 5.28. The largest absolute Gasteiger partial charge is 0.321 e. The van der Waals surface area contributed by atoms with E-state index in [0.717, 1.165) is 12.2 Å². The summed E-state index contributed by atoms with van der Waals surface area (Å²) < 4.78 is 0. The van der Waals surface area contributed by atoms with Gasteiger partial charge in [-0.05, 0) is 11.6 Å². The van der Waals surface area contributed by atoms with Gasteiger partial charge in [0, 0.05) is 6.54 Å². The van der Waals surface area contributed by atoms with Gasteiger partial charge in [-0.3, -0.25) is 0 Å². The van der Waals surface area contributed by atoms with Crippen LogP contribution in [0.25, 0.3) is 0 Å². The first-order valence-electron chi connectivity index (χ1n) is 2.85. The zero-order valence-electron chi connectivity index (χ0n) is 5.28. The molecule has 1 aliphatic heterocycles. The van der Waals surface area contributed by atoms with Crippen LogP contribution >= 0.6 is 0 Å². The SMILES string of the molecule is C=CC1=C(C=C)NNC1. The molecule has 0 aromatic heterocycles. The van der Waals surface area contributed by atoms with Crippen molar-refractivity contribution < 1.29 is 0 Å². The first-order valence-corrected chi connectivity index (χ1v) is 2.85. The topological polar surface area (TPSA) is 24.1 Å². The van der Waals surface area contributed by atoms with Gasteiger partial charge in [-0.25, -0.2) is 5.43 Å². The van der Waals surface area contributed by atoms with E-state index in [9.17, 15) is 0 Å². The Bertz CT molecular complexity index is 150. The Balaban J connectivity index is 2.81. The Kier molecular flexibility index (Phi) is 1.70. The Morgan fingerprint density at radius 3 is 2.56 bits per heavy atom. The van der Waals surface area contributed by atoms with Gasteiger partial charge in [-0.2, -0.15) is 0 Å². The van der Waals surface area contributed by atoms with E-state index in [4.69, 9.17) is 0 Å². The van der Waals surface area contributed by atoms with E-state index < -0.39 is 0 Å². The fourth-order valence-electron chi connectivity index (χ4n) is 0.774. The average Bonchev–Trinajstić information content (AvgIpc) is 2.33. The van der Waals surface area contributed by atoms with E-state index in [2.05, 4.69) is 24.0 Å². The smallest absolute Gasteiger partial charge is 0.0527 e. The van der Waals surface area contributed by atoms with Crippen LogP contribution in [0.15, 0.2) is 36.6 Å². The number of allylic oxidation sites excluding steroid dienone is 1. The quantitative estimate of drug-likeness (QED) is 0.564. The lowest BCUT2D eigenvalue weighted by molar-refractivity contribution is 0.708. The highest BCUT2D eigenvalue weighted by molar-refractivity contribution is 5.33. The van der Waals surface area contributed by atoms with Gasteiger partial charge in [-0.1, -0.05) is 19.2 Å². The predicted octanol–water partition coefficient (Wildman–Crippen LogP) is 0.720. The number of rotatable bonds is 2. The van der Waals surface area contributed by atoms with E-state index in [1.165, 1.54) is 5.57 Å². The van der Waals surface area contributed by atoms with Gasteiger partial charge in [0.05, 0.1) is 5.70 Å². The van der Waals surface area contributed by atoms with Crippen molar-refractivity contribution in [3.8, 4) is 0 Å². The molecule has 1 aliphatic rings. The van der Waals surface area contributed by atoms with E-state index in [0.29, 0.717) is 0 Å². The molecule has 48 valence electrons. The summed E-state index contributed by atoms with van der Waals surface area (Å²) in [6, 6.07) is 0. The fraction of sp³-hybridized carbons (Fsp3) is 0.143. The molecule has 0 saturated heterocycles. The second kappa shape index (κ2) is 2.51. The van der Waals surface area contributed by atoms with Crippen LogP contribution < -0.4 is 10.9 Å². The summed E-state index contributed by atoms with van der Waals surface area (Å²) in [6.07, 6.45) is 3.60. The molecular weight excluding hydrogens is 112 g/mol. The number of hydrogen-bond acceptors (Lipinski definition) is 2. The van der Waals surface area contributed by atoms with Crippen molar-refractivity contribution in [2.24, 2.45) is 0 Å². The molecule has 0 bridgehead atoms. The summed E-state index contributed by atoms with van der Waals surface area (Å²) in [5.74, 6) is 0. The van der Waals surface area contributed by atoms with Crippen molar-refractivity contribution in [2.45, 2.75) is 0 Å². The van der Waals surface area contributed by atoms with Crippen molar-refractivity contribution in [3.63, 3.8) is 0 Å². The maximum Gasteiger partial charge on any atom is 0.0527 e. The zero-order chi connectivity index (χ0) is 6.69. The fourth-order valence-corrected chi connectivity index (χ4v) is 0.774. The molecule has 2 N–H and O–H groups in total. The third-order valence-corrected chi connectivity index (χ3v) is 1.30. The summed E-state index contributed by atoms with van der Waals surface area (Å²) >= 11 is 0. The maximum absolute atomic E-state index is 3.66. The summed E-state index contributed by atoms with van der Waals surface area (Å²) in [7, 11) is 0. The second-order valence-corrected chi connectivity index (χ2v) is 1.83. The Morgan fingerprint density at radius 2 is 2.11 bits per heavy atom. The normalized spacial score (nSPS) is 17.3. The molecule has 9 heavy (non-hydrogen) atoms. The molecule has 0 aromatic carbocycles. The third-order valence-electron chi connectivity index (χ3n) is 1.30. The van der Waals surface area contributed by atoms with Crippen LogP contribution in [0.2, 0.25) is 0 Å². The predicted molar refractivity (Wildman–Crippen MR) is 38.6 cm³/mol. The minimum atomic E-state index is 0.838. The lowest BCUT2D eigenvalue weighted by Crippen LogP contribution is -2.22. The summed E-state index contributed by atoms with van der Waals surface area (Å²) in [6.45, 7) is 8.13. The third kappa shape index (κ3) is 1.03. The summed E-state index contributed by atoms with van der Waals surface area (Å²) in [4.78, 5) is 0. The number of nitrogens with one attached hydrogen (secondary N) is 2. The Morgan fingerprint density at radius 1 is 1.33 bits per heavy atom. The minimum absolute atomic E-state index is 0.838. The molecule has 1 rings (SSSR count). The molecule has 1 heterocycles. The van der Waals surface area contributed by atoms with Crippen molar-refractivity contribution in [2.75, 3.05) is 6.54 Å². The molecule has 0 unspecified atom stereocenters. The Labute approximate surface area is 54.9 Å². The molecule has 0 fully saturated rings. The molecule has 2 heteroatoms. The number of hydrogen-bond donors (Lipinski definition) is 2. The standard InChI is InChI=1S/C7H10N2/c1-3-6-5-8-9-7(6)4-2/h3-4,8-9H,1-2,5H2. The first kappa shape index (κ1) is 6.11. The van der Waals surface area contributed by atoms with E-state index in [1.807, 2.05) is 6.08 Å². The van der Waals surface area contributed by atoms with Gasteiger partial charge < -0.3 is 5.43 Å². The van der Waals surface area contributed by atoms with Crippen molar-refractivity contribution in [3.05, 3.63) is 36.6 Å². The highest BCUT2D eigenvalue weighted by Gasteiger charge is 2.05. The van der Waals surface area contributed by atoms with Crippen LogP contribution in [0.4, 0.5) is 0 Å².